The Bertz CT molecular complexity index is 821. The highest BCUT2D eigenvalue weighted by Crippen LogP contribution is 2.36. The van der Waals surface area contributed by atoms with E-state index in [9.17, 15) is 4.79 Å². The van der Waals surface area contributed by atoms with Crippen molar-refractivity contribution >= 4 is 23.7 Å². The molecule has 0 heterocycles. The first kappa shape index (κ1) is 22.0. The minimum absolute atomic E-state index is 0.0726. The first-order valence-electron chi connectivity index (χ1n) is 9.36. The van der Waals surface area contributed by atoms with Gasteiger partial charge in [0.05, 0.1) is 6.21 Å². The lowest BCUT2D eigenvalue weighted by molar-refractivity contribution is -0.123. The summed E-state index contributed by atoms with van der Waals surface area (Å²) in [4.78, 5) is 11.9. The van der Waals surface area contributed by atoms with Crippen LogP contribution in [0.2, 0.25) is 5.02 Å². The molecule has 0 aromatic heterocycles. The largest absolute Gasteiger partial charge is 0.484 e. The zero-order valence-electron chi connectivity index (χ0n) is 17.3. The zero-order chi connectivity index (χ0) is 20.8. The summed E-state index contributed by atoms with van der Waals surface area (Å²) in [6.07, 6.45) is 2.61. The predicted molar refractivity (Wildman–Crippen MR) is 116 cm³/mol. The molecule has 0 bridgehead atoms. The van der Waals surface area contributed by atoms with Crippen LogP contribution in [0.15, 0.2) is 53.6 Å². The molecule has 0 saturated heterocycles. The van der Waals surface area contributed by atoms with Crippen LogP contribution in [0.1, 0.15) is 52.2 Å². The van der Waals surface area contributed by atoms with Crippen molar-refractivity contribution in [2.75, 3.05) is 6.61 Å². The average molecular weight is 401 g/mol. The highest BCUT2D eigenvalue weighted by Gasteiger charge is 2.27. The number of hydrogen-bond donors (Lipinski definition) is 1. The van der Waals surface area contributed by atoms with Crippen molar-refractivity contribution in [3.8, 4) is 5.75 Å². The second-order valence-electron chi connectivity index (χ2n) is 8.78. The second kappa shape index (κ2) is 9.24. The number of nitrogens with zero attached hydrogens (tertiary/aromatic N) is 1. The fraction of sp³-hybridized carbons (Fsp3) is 0.391. The summed E-state index contributed by atoms with van der Waals surface area (Å²) in [6.45, 7) is 11.1. The molecule has 2 aromatic carbocycles. The predicted octanol–water partition coefficient (Wildman–Crippen LogP) is 5.58. The van der Waals surface area contributed by atoms with Crippen molar-refractivity contribution in [3.63, 3.8) is 0 Å². The van der Waals surface area contributed by atoms with Gasteiger partial charge in [0.25, 0.3) is 5.91 Å². The molecule has 0 fully saturated rings. The quantitative estimate of drug-likeness (QED) is 0.487. The van der Waals surface area contributed by atoms with Crippen LogP contribution in [0, 0.1) is 5.41 Å². The number of ether oxygens (including phenoxy) is 1. The van der Waals surface area contributed by atoms with Crippen molar-refractivity contribution in [3.05, 3.63) is 64.7 Å². The summed E-state index contributed by atoms with van der Waals surface area (Å²) in [6, 6.07) is 15.1. The van der Waals surface area contributed by atoms with Crippen LogP contribution >= 0.6 is 11.6 Å². The molecule has 2 rings (SSSR count). The van der Waals surface area contributed by atoms with Gasteiger partial charge in [0.1, 0.15) is 5.75 Å². The van der Waals surface area contributed by atoms with Crippen LogP contribution in [0.3, 0.4) is 0 Å². The summed E-state index contributed by atoms with van der Waals surface area (Å²) >= 11 is 5.91. The fourth-order valence-electron chi connectivity index (χ4n) is 3.38. The summed E-state index contributed by atoms with van der Waals surface area (Å²) in [5.74, 6) is 0.333. The molecule has 0 unspecified atom stereocenters. The van der Waals surface area contributed by atoms with Crippen LogP contribution < -0.4 is 10.2 Å². The number of hydrogen-bond acceptors (Lipinski definition) is 3. The van der Waals surface area contributed by atoms with E-state index in [4.69, 9.17) is 16.3 Å². The van der Waals surface area contributed by atoms with E-state index in [1.165, 1.54) is 11.8 Å². The van der Waals surface area contributed by atoms with Crippen molar-refractivity contribution in [1.29, 1.82) is 0 Å². The summed E-state index contributed by atoms with van der Waals surface area (Å²) in [5.41, 5.74) is 4.83. The van der Waals surface area contributed by atoms with Gasteiger partial charge < -0.3 is 4.74 Å². The van der Waals surface area contributed by atoms with Gasteiger partial charge in [-0.05, 0) is 52.6 Å². The van der Waals surface area contributed by atoms with Crippen LogP contribution in [-0.2, 0) is 10.2 Å². The van der Waals surface area contributed by atoms with E-state index in [2.05, 4.69) is 57.3 Å². The van der Waals surface area contributed by atoms with Gasteiger partial charge in [-0.15, -0.1) is 0 Å². The lowest BCUT2D eigenvalue weighted by atomic mass is 9.72. The number of hydrazone groups is 1. The molecule has 2 aromatic rings. The lowest BCUT2D eigenvalue weighted by Gasteiger charge is -2.33. The van der Waals surface area contributed by atoms with Crippen molar-refractivity contribution in [1.82, 2.24) is 5.43 Å². The zero-order valence-corrected chi connectivity index (χ0v) is 18.0. The molecule has 1 N–H and O–H groups in total. The van der Waals surface area contributed by atoms with E-state index in [1.807, 2.05) is 24.3 Å². The van der Waals surface area contributed by atoms with Crippen molar-refractivity contribution in [2.24, 2.45) is 10.5 Å². The molecule has 1 amide bonds. The lowest BCUT2D eigenvalue weighted by Crippen LogP contribution is -2.25. The Morgan fingerprint density at radius 3 is 2.39 bits per heavy atom. The number of carbonyl (C=O) groups is 1. The molecule has 0 saturated carbocycles. The van der Waals surface area contributed by atoms with Gasteiger partial charge in [0.15, 0.2) is 6.61 Å². The molecule has 0 aliphatic rings. The van der Waals surface area contributed by atoms with Crippen LogP contribution in [-0.4, -0.2) is 18.7 Å². The standard InChI is InChI=1S/C23H29ClN2O2/c1-22(2,3)16-23(4,5)18-9-11-20(12-10-18)28-15-21(27)26-25-14-17-7-6-8-19(24)13-17/h6-14H,15-16H2,1-5H3,(H,26,27)/b25-14+. The fourth-order valence-corrected chi connectivity index (χ4v) is 3.58. The van der Waals surface area contributed by atoms with Gasteiger partial charge in [-0.25, -0.2) is 5.43 Å². The molecule has 4 nitrogen and oxygen atoms in total. The Morgan fingerprint density at radius 1 is 1.11 bits per heavy atom. The third kappa shape index (κ3) is 7.35. The highest BCUT2D eigenvalue weighted by atomic mass is 35.5. The number of amides is 1. The van der Waals surface area contributed by atoms with Crippen molar-refractivity contribution in [2.45, 2.75) is 46.5 Å². The summed E-state index contributed by atoms with van der Waals surface area (Å²) < 4.78 is 5.55. The molecule has 0 aliphatic heterocycles. The van der Waals surface area contributed by atoms with E-state index in [0.29, 0.717) is 10.8 Å². The SMILES string of the molecule is CC(C)(C)CC(C)(C)c1ccc(OCC(=O)N/N=C/c2cccc(Cl)c2)cc1. The third-order valence-electron chi connectivity index (χ3n) is 4.23. The topological polar surface area (TPSA) is 50.7 Å². The van der Waals surface area contributed by atoms with E-state index in [0.717, 1.165) is 12.0 Å². The minimum atomic E-state index is -0.324. The highest BCUT2D eigenvalue weighted by molar-refractivity contribution is 6.30. The second-order valence-corrected chi connectivity index (χ2v) is 9.22. The monoisotopic (exact) mass is 400 g/mol. The number of nitrogens with one attached hydrogen (secondary N) is 1. The van der Waals surface area contributed by atoms with E-state index in [1.54, 1.807) is 12.1 Å². The van der Waals surface area contributed by atoms with Gasteiger partial charge in [-0.2, -0.15) is 5.10 Å². The number of halogens is 1. The van der Waals surface area contributed by atoms with E-state index in [-0.39, 0.29) is 23.3 Å². The number of benzene rings is 2. The molecule has 150 valence electrons. The maximum Gasteiger partial charge on any atom is 0.277 e. The maximum absolute atomic E-state index is 11.9. The van der Waals surface area contributed by atoms with Gasteiger partial charge in [0, 0.05) is 5.02 Å². The maximum atomic E-state index is 11.9. The molecule has 0 radical (unpaired) electrons. The normalized spacial score (nSPS) is 12.2. The Labute approximate surface area is 172 Å². The van der Waals surface area contributed by atoms with E-state index >= 15 is 0 Å². The van der Waals surface area contributed by atoms with Crippen LogP contribution in [0.5, 0.6) is 5.75 Å². The molecule has 28 heavy (non-hydrogen) atoms. The molecule has 0 atom stereocenters. The number of carbonyl (C=O) groups excluding carboxylic acids is 1. The van der Waals surface area contributed by atoms with Gasteiger partial charge >= 0.3 is 0 Å². The first-order chi connectivity index (χ1) is 13.0. The molecular weight excluding hydrogens is 372 g/mol. The average Bonchev–Trinajstić information content (AvgIpc) is 2.58. The summed E-state index contributed by atoms with van der Waals surface area (Å²) in [5, 5.41) is 4.53. The third-order valence-corrected chi connectivity index (χ3v) is 4.46. The molecule has 0 aliphatic carbocycles. The van der Waals surface area contributed by atoms with E-state index < -0.39 is 0 Å². The Kier molecular flexibility index (Phi) is 7.25. The first-order valence-corrected chi connectivity index (χ1v) is 9.74. The summed E-state index contributed by atoms with van der Waals surface area (Å²) in [7, 11) is 0. The molecule has 5 heteroatoms. The van der Waals surface area contributed by atoms with Crippen molar-refractivity contribution < 1.29 is 9.53 Å². The van der Waals surface area contributed by atoms with Gasteiger partial charge in [-0.1, -0.05) is 70.5 Å². The minimum Gasteiger partial charge on any atom is -0.484 e. The van der Waals surface area contributed by atoms with Gasteiger partial charge in [-0.3, -0.25) is 4.79 Å². The Balaban J connectivity index is 1.85. The molecule has 0 spiro atoms. The van der Waals surface area contributed by atoms with Gasteiger partial charge in [0.2, 0.25) is 0 Å². The Morgan fingerprint density at radius 2 is 1.79 bits per heavy atom. The molecular formula is C23H29ClN2O2. The number of rotatable bonds is 7. The van der Waals surface area contributed by atoms with Crippen LogP contribution in [0.4, 0.5) is 0 Å². The smallest absolute Gasteiger partial charge is 0.277 e. The van der Waals surface area contributed by atoms with Crippen LogP contribution in [0.25, 0.3) is 0 Å². The Hall–Kier alpha value is -2.33.